The molecule has 0 radical (unpaired) electrons. The molecule has 0 aliphatic carbocycles. The molecule has 0 heterocycles. The summed E-state index contributed by atoms with van der Waals surface area (Å²) in [5.74, 6) is 0.161. The highest BCUT2D eigenvalue weighted by Crippen LogP contribution is 1.99. The largest absolute Gasteiger partial charge is 0.352 e. The van der Waals surface area contributed by atoms with Crippen molar-refractivity contribution >= 4 is 5.91 Å². The van der Waals surface area contributed by atoms with Crippen molar-refractivity contribution in [3.63, 3.8) is 0 Å². The van der Waals surface area contributed by atoms with E-state index in [9.17, 15) is 4.79 Å². The van der Waals surface area contributed by atoms with Gasteiger partial charge in [0, 0.05) is 6.04 Å². The lowest BCUT2D eigenvalue weighted by atomic mass is 10.0. The molecular weight excluding hydrogens is 152 g/mol. The molecule has 3 nitrogen and oxygen atoms in total. The molecule has 0 fully saturated rings. The van der Waals surface area contributed by atoms with Crippen LogP contribution in [0.5, 0.6) is 0 Å². The summed E-state index contributed by atoms with van der Waals surface area (Å²) in [6.45, 7) is 7.90. The van der Waals surface area contributed by atoms with Gasteiger partial charge in [-0.1, -0.05) is 20.8 Å². The van der Waals surface area contributed by atoms with Crippen LogP contribution in [0.1, 0.15) is 34.1 Å². The summed E-state index contributed by atoms with van der Waals surface area (Å²) in [7, 11) is 0. The molecule has 0 aromatic rings. The monoisotopic (exact) mass is 172 g/mol. The summed E-state index contributed by atoms with van der Waals surface area (Å²) in [4.78, 5) is 11.3. The minimum absolute atomic E-state index is 0.0423. The number of hydrogen-bond acceptors (Lipinski definition) is 2. The van der Waals surface area contributed by atoms with Gasteiger partial charge < -0.3 is 11.1 Å². The zero-order chi connectivity index (χ0) is 9.72. The van der Waals surface area contributed by atoms with Crippen LogP contribution in [0.15, 0.2) is 0 Å². The Morgan fingerprint density at radius 2 is 1.92 bits per heavy atom. The Hall–Kier alpha value is -0.570. The fraction of sp³-hybridized carbons (Fsp3) is 0.889. The van der Waals surface area contributed by atoms with Crippen LogP contribution in [-0.4, -0.2) is 18.0 Å². The van der Waals surface area contributed by atoms with Gasteiger partial charge in [-0.3, -0.25) is 4.79 Å². The van der Waals surface area contributed by atoms with Crippen molar-refractivity contribution in [2.24, 2.45) is 11.7 Å². The Balaban J connectivity index is 3.87. The minimum Gasteiger partial charge on any atom is -0.352 e. The maximum absolute atomic E-state index is 11.3. The van der Waals surface area contributed by atoms with Crippen LogP contribution in [0.3, 0.4) is 0 Å². The zero-order valence-corrected chi connectivity index (χ0v) is 8.42. The average Bonchev–Trinajstić information content (AvgIpc) is 2.02. The van der Waals surface area contributed by atoms with Crippen molar-refractivity contribution < 1.29 is 4.79 Å². The smallest absolute Gasteiger partial charge is 0.237 e. The summed E-state index contributed by atoms with van der Waals surface area (Å²) >= 11 is 0. The molecule has 0 bridgehead atoms. The van der Waals surface area contributed by atoms with Crippen LogP contribution in [-0.2, 0) is 4.79 Å². The first kappa shape index (κ1) is 11.4. The molecule has 1 amide bonds. The predicted molar refractivity (Wildman–Crippen MR) is 50.7 cm³/mol. The number of carbonyl (C=O) groups excluding carboxylic acids is 1. The summed E-state index contributed by atoms with van der Waals surface area (Å²) < 4.78 is 0. The van der Waals surface area contributed by atoms with Crippen molar-refractivity contribution in [1.82, 2.24) is 5.32 Å². The van der Waals surface area contributed by atoms with Gasteiger partial charge in [0.1, 0.15) is 0 Å². The number of carbonyl (C=O) groups is 1. The van der Waals surface area contributed by atoms with Crippen molar-refractivity contribution in [3.05, 3.63) is 0 Å². The average molecular weight is 172 g/mol. The summed E-state index contributed by atoms with van der Waals surface area (Å²) in [5, 5.41) is 2.85. The van der Waals surface area contributed by atoms with E-state index in [0.717, 1.165) is 6.42 Å². The first-order chi connectivity index (χ1) is 5.49. The fourth-order valence-electron chi connectivity index (χ4n) is 0.744. The number of hydrogen-bond donors (Lipinski definition) is 2. The Labute approximate surface area is 74.7 Å². The Bertz CT molecular complexity index is 145. The van der Waals surface area contributed by atoms with Gasteiger partial charge in [-0.05, 0) is 19.3 Å². The molecule has 0 saturated heterocycles. The van der Waals surface area contributed by atoms with Gasteiger partial charge in [0.25, 0.3) is 0 Å². The molecule has 0 aliphatic rings. The molecule has 0 aliphatic heterocycles. The molecule has 3 N–H and O–H groups in total. The Morgan fingerprint density at radius 1 is 1.42 bits per heavy atom. The molecule has 0 unspecified atom stereocenters. The van der Waals surface area contributed by atoms with E-state index in [1.807, 2.05) is 27.7 Å². The van der Waals surface area contributed by atoms with E-state index in [0.29, 0.717) is 0 Å². The number of nitrogens with one attached hydrogen (secondary N) is 1. The predicted octanol–water partition coefficient (Wildman–Crippen LogP) is 0.884. The molecule has 0 spiro atoms. The van der Waals surface area contributed by atoms with Gasteiger partial charge in [0.05, 0.1) is 6.04 Å². The van der Waals surface area contributed by atoms with Gasteiger partial charge in [-0.15, -0.1) is 0 Å². The van der Waals surface area contributed by atoms with Gasteiger partial charge >= 0.3 is 0 Å². The van der Waals surface area contributed by atoms with Gasteiger partial charge in [0.2, 0.25) is 5.91 Å². The van der Waals surface area contributed by atoms with Crippen LogP contribution in [0.25, 0.3) is 0 Å². The molecular formula is C9H20N2O. The highest BCUT2D eigenvalue weighted by atomic mass is 16.2. The fourth-order valence-corrected chi connectivity index (χ4v) is 0.744. The molecule has 2 atom stereocenters. The van der Waals surface area contributed by atoms with Gasteiger partial charge in [-0.25, -0.2) is 0 Å². The summed E-state index contributed by atoms with van der Waals surface area (Å²) in [6.07, 6.45) is 0.941. The lowest BCUT2D eigenvalue weighted by Crippen LogP contribution is -2.46. The quantitative estimate of drug-likeness (QED) is 0.661. The third kappa shape index (κ3) is 3.72. The summed E-state index contributed by atoms with van der Waals surface area (Å²) in [5.41, 5.74) is 5.65. The second-order valence-corrected chi connectivity index (χ2v) is 3.59. The maximum Gasteiger partial charge on any atom is 0.237 e. The molecule has 0 rings (SSSR count). The van der Waals surface area contributed by atoms with Crippen LogP contribution < -0.4 is 11.1 Å². The maximum atomic E-state index is 11.3. The third-order valence-corrected chi connectivity index (χ3v) is 2.02. The van der Waals surface area contributed by atoms with Crippen molar-refractivity contribution in [2.45, 2.75) is 46.2 Å². The topological polar surface area (TPSA) is 55.1 Å². The highest BCUT2D eigenvalue weighted by Gasteiger charge is 2.17. The molecule has 0 aromatic carbocycles. The van der Waals surface area contributed by atoms with Crippen LogP contribution in [0.4, 0.5) is 0 Å². The molecule has 3 heteroatoms. The lowest BCUT2D eigenvalue weighted by molar-refractivity contribution is -0.123. The van der Waals surface area contributed by atoms with E-state index < -0.39 is 0 Å². The van der Waals surface area contributed by atoms with Crippen LogP contribution in [0.2, 0.25) is 0 Å². The lowest BCUT2D eigenvalue weighted by Gasteiger charge is -2.18. The zero-order valence-electron chi connectivity index (χ0n) is 8.42. The van der Waals surface area contributed by atoms with E-state index in [4.69, 9.17) is 5.73 Å². The summed E-state index contributed by atoms with van der Waals surface area (Å²) in [6, 6.07) is -0.152. The van der Waals surface area contributed by atoms with Crippen LogP contribution >= 0.6 is 0 Å². The van der Waals surface area contributed by atoms with E-state index in [-0.39, 0.29) is 23.9 Å². The van der Waals surface area contributed by atoms with E-state index >= 15 is 0 Å². The normalized spacial score (nSPS) is 15.8. The second-order valence-electron chi connectivity index (χ2n) is 3.59. The van der Waals surface area contributed by atoms with E-state index in [1.165, 1.54) is 0 Å². The van der Waals surface area contributed by atoms with E-state index in [2.05, 4.69) is 5.32 Å². The van der Waals surface area contributed by atoms with Crippen molar-refractivity contribution in [3.8, 4) is 0 Å². The Kier molecular flexibility index (Phi) is 4.90. The number of nitrogens with two attached hydrogens (primary N) is 1. The molecule has 12 heavy (non-hydrogen) atoms. The first-order valence-electron chi connectivity index (χ1n) is 4.55. The minimum atomic E-state index is -0.376. The van der Waals surface area contributed by atoms with E-state index in [1.54, 1.807) is 0 Å². The van der Waals surface area contributed by atoms with Crippen molar-refractivity contribution in [1.29, 1.82) is 0 Å². The molecule has 72 valence electrons. The second kappa shape index (κ2) is 5.14. The van der Waals surface area contributed by atoms with Crippen molar-refractivity contribution in [2.75, 3.05) is 0 Å². The highest BCUT2D eigenvalue weighted by molar-refractivity contribution is 5.81. The first-order valence-corrected chi connectivity index (χ1v) is 4.55. The Morgan fingerprint density at radius 3 is 2.25 bits per heavy atom. The standard InChI is InChI=1S/C9H20N2O/c1-5-7(4)11-9(12)8(10)6(2)3/h6-8H,5,10H2,1-4H3,(H,11,12)/t7-,8+/m1/s1. The van der Waals surface area contributed by atoms with Gasteiger partial charge in [-0.2, -0.15) is 0 Å². The number of amides is 1. The van der Waals surface area contributed by atoms with Gasteiger partial charge in [0.15, 0.2) is 0 Å². The van der Waals surface area contributed by atoms with Crippen LogP contribution in [0, 0.1) is 5.92 Å². The third-order valence-electron chi connectivity index (χ3n) is 2.02. The molecule has 0 aromatic heterocycles. The SMILES string of the molecule is CC[C@@H](C)NC(=O)[C@@H](N)C(C)C. The molecule has 0 saturated carbocycles. The number of rotatable bonds is 4.